The Morgan fingerprint density at radius 3 is 2.46 bits per heavy atom. The highest BCUT2D eigenvalue weighted by molar-refractivity contribution is 5.65. The summed E-state index contributed by atoms with van der Waals surface area (Å²) in [6.45, 7) is 1.29. The molecular formula is C21H20FNO. The van der Waals surface area contributed by atoms with Gasteiger partial charge in [-0.3, -0.25) is 0 Å². The van der Waals surface area contributed by atoms with Gasteiger partial charge in [-0.15, -0.1) is 0 Å². The van der Waals surface area contributed by atoms with Crippen molar-refractivity contribution in [3.8, 4) is 16.9 Å². The molecule has 24 heavy (non-hydrogen) atoms. The van der Waals surface area contributed by atoms with Crippen LogP contribution >= 0.6 is 0 Å². The van der Waals surface area contributed by atoms with Crippen molar-refractivity contribution in [3.05, 3.63) is 89.7 Å². The van der Waals surface area contributed by atoms with E-state index in [1.165, 1.54) is 6.07 Å². The van der Waals surface area contributed by atoms with Crippen LogP contribution in [0.5, 0.6) is 5.75 Å². The molecule has 0 atom stereocenters. The van der Waals surface area contributed by atoms with Gasteiger partial charge in [0.1, 0.15) is 11.6 Å². The van der Waals surface area contributed by atoms with Crippen LogP contribution in [0.25, 0.3) is 11.1 Å². The van der Waals surface area contributed by atoms with E-state index in [-0.39, 0.29) is 11.6 Å². The van der Waals surface area contributed by atoms with Gasteiger partial charge in [-0.25, -0.2) is 4.39 Å². The molecule has 0 aliphatic rings. The molecule has 3 aromatic rings. The summed E-state index contributed by atoms with van der Waals surface area (Å²) in [5, 5.41) is 13.4. The third-order valence-corrected chi connectivity index (χ3v) is 3.98. The maximum Gasteiger partial charge on any atom is 0.123 e. The van der Waals surface area contributed by atoms with Gasteiger partial charge in [0, 0.05) is 12.1 Å². The number of benzene rings is 3. The molecular weight excluding hydrogens is 301 g/mol. The average Bonchev–Trinajstić information content (AvgIpc) is 2.61. The minimum absolute atomic E-state index is 0.208. The number of rotatable bonds is 6. The van der Waals surface area contributed by atoms with Crippen molar-refractivity contribution in [1.29, 1.82) is 0 Å². The molecule has 0 aliphatic heterocycles. The lowest BCUT2D eigenvalue weighted by Crippen LogP contribution is -2.16. The maximum atomic E-state index is 13.1. The van der Waals surface area contributed by atoms with E-state index in [9.17, 15) is 9.50 Å². The van der Waals surface area contributed by atoms with Gasteiger partial charge in [-0.2, -0.15) is 0 Å². The molecule has 2 nitrogen and oxygen atoms in total. The minimum atomic E-state index is -0.208. The van der Waals surface area contributed by atoms with Crippen LogP contribution in [0, 0.1) is 5.82 Å². The van der Waals surface area contributed by atoms with Crippen LogP contribution in [0.15, 0.2) is 72.8 Å². The summed E-state index contributed by atoms with van der Waals surface area (Å²) >= 11 is 0. The molecule has 0 amide bonds. The summed E-state index contributed by atoms with van der Waals surface area (Å²) < 4.78 is 13.1. The number of hydrogen-bond acceptors (Lipinski definition) is 2. The molecule has 3 heteroatoms. The van der Waals surface area contributed by atoms with E-state index in [4.69, 9.17) is 0 Å². The molecule has 0 saturated heterocycles. The van der Waals surface area contributed by atoms with Crippen LogP contribution in [0.2, 0.25) is 0 Å². The van der Waals surface area contributed by atoms with Gasteiger partial charge in [0.15, 0.2) is 0 Å². The van der Waals surface area contributed by atoms with Gasteiger partial charge in [0.25, 0.3) is 0 Å². The van der Waals surface area contributed by atoms with E-state index < -0.39 is 0 Å². The van der Waals surface area contributed by atoms with Crippen molar-refractivity contribution in [2.24, 2.45) is 0 Å². The molecule has 0 aromatic heterocycles. The van der Waals surface area contributed by atoms with Crippen molar-refractivity contribution >= 4 is 0 Å². The fourth-order valence-electron chi connectivity index (χ4n) is 2.69. The summed E-state index contributed by atoms with van der Waals surface area (Å²) in [6.07, 6.45) is 0.747. The van der Waals surface area contributed by atoms with Gasteiger partial charge < -0.3 is 10.4 Å². The zero-order valence-corrected chi connectivity index (χ0v) is 13.4. The van der Waals surface area contributed by atoms with E-state index in [0.717, 1.165) is 35.2 Å². The number of halogens is 1. The Hall–Kier alpha value is -2.65. The van der Waals surface area contributed by atoms with E-state index >= 15 is 0 Å². The molecule has 0 heterocycles. The average molecular weight is 321 g/mol. The van der Waals surface area contributed by atoms with E-state index in [1.807, 2.05) is 48.5 Å². The standard InChI is InChI=1S/C21H20FNO/c22-20-8-4-5-16(13-20)11-12-23-15-19-14-18(9-10-21(19)24)17-6-2-1-3-7-17/h1-10,13-14,23-24H,11-12,15H2. The van der Waals surface area contributed by atoms with E-state index in [1.54, 1.807) is 18.2 Å². The lowest BCUT2D eigenvalue weighted by molar-refractivity contribution is 0.464. The Labute approximate surface area is 141 Å². The second-order valence-corrected chi connectivity index (χ2v) is 5.77. The molecule has 0 aliphatic carbocycles. The van der Waals surface area contributed by atoms with Crippen molar-refractivity contribution in [2.45, 2.75) is 13.0 Å². The van der Waals surface area contributed by atoms with E-state index in [0.29, 0.717) is 6.54 Å². The SMILES string of the molecule is Oc1ccc(-c2ccccc2)cc1CNCCc1cccc(F)c1. The molecule has 0 spiro atoms. The number of nitrogens with one attached hydrogen (secondary N) is 1. The summed E-state index contributed by atoms with van der Waals surface area (Å²) in [7, 11) is 0. The van der Waals surface area contributed by atoms with Gasteiger partial charge in [0.05, 0.1) is 0 Å². The first kappa shape index (κ1) is 16.2. The smallest absolute Gasteiger partial charge is 0.123 e. The number of hydrogen-bond donors (Lipinski definition) is 2. The minimum Gasteiger partial charge on any atom is -0.508 e. The van der Waals surface area contributed by atoms with Gasteiger partial charge >= 0.3 is 0 Å². The van der Waals surface area contributed by atoms with Crippen LogP contribution in [0.4, 0.5) is 4.39 Å². The number of aromatic hydroxyl groups is 1. The molecule has 3 rings (SSSR count). The zero-order valence-electron chi connectivity index (χ0n) is 13.4. The van der Waals surface area contributed by atoms with Gasteiger partial charge in [-0.1, -0.05) is 48.5 Å². The Morgan fingerprint density at radius 2 is 1.67 bits per heavy atom. The molecule has 0 unspecified atom stereocenters. The number of phenols is 1. The molecule has 122 valence electrons. The van der Waals surface area contributed by atoms with Crippen LogP contribution in [0.1, 0.15) is 11.1 Å². The lowest BCUT2D eigenvalue weighted by atomic mass is 10.0. The van der Waals surface area contributed by atoms with Crippen molar-refractivity contribution in [1.82, 2.24) is 5.32 Å². The Kier molecular flexibility index (Phi) is 5.24. The lowest BCUT2D eigenvalue weighted by Gasteiger charge is -2.10. The second kappa shape index (κ2) is 7.75. The predicted molar refractivity (Wildman–Crippen MR) is 95.4 cm³/mol. The first-order chi connectivity index (χ1) is 11.7. The third kappa shape index (κ3) is 4.21. The molecule has 0 fully saturated rings. The second-order valence-electron chi connectivity index (χ2n) is 5.77. The highest BCUT2D eigenvalue weighted by atomic mass is 19.1. The monoisotopic (exact) mass is 321 g/mol. The summed E-state index contributed by atoms with van der Waals surface area (Å²) in [5.41, 5.74) is 4.02. The summed E-state index contributed by atoms with van der Waals surface area (Å²) in [5.74, 6) is 0.0774. The highest BCUT2D eigenvalue weighted by Gasteiger charge is 2.04. The predicted octanol–water partition coefficient (Wildman–Crippen LogP) is 4.53. The van der Waals surface area contributed by atoms with Crippen molar-refractivity contribution < 1.29 is 9.50 Å². The van der Waals surface area contributed by atoms with Crippen molar-refractivity contribution in [2.75, 3.05) is 6.54 Å². The van der Waals surface area contributed by atoms with E-state index in [2.05, 4.69) is 5.32 Å². The highest BCUT2D eigenvalue weighted by Crippen LogP contribution is 2.25. The molecule has 3 aromatic carbocycles. The van der Waals surface area contributed by atoms with Gasteiger partial charge in [-0.05, 0) is 53.9 Å². The van der Waals surface area contributed by atoms with Crippen LogP contribution in [-0.2, 0) is 13.0 Å². The zero-order chi connectivity index (χ0) is 16.8. The first-order valence-corrected chi connectivity index (χ1v) is 8.05. The quantitative estimate of drug-likeness (QED) is 0.654. The first-order valence-electron chi connectivity index (χ1n) is 8.05. The Morgan fingerprint density at radius 1 is 0.833 bits per heavy atom. The number of phenolic OH excluding ortho intramolecular Hbond substituents is 1. The van der Waals surface area contributed by atoms with Crippen LogP contribution < -0.4 is 5.32 Å². The Bertz CT molecular complexity index is 802. The molecule has 2 N–H and O–H groups in total. The maximum absolute atomic E-state index is 13.1. The molecule has 0 saturated carbocycles. The molecule has 0 radical (unpaired) electrons. The fourth-order valence-corrected chi connectivity index (χ4v) is 2.69. The summed E-state index contributed by atoms with van der Waals surface area (Å²) in [4.78, 5) is 0. The third-order valence-electron chi connectivity index (χ3n) is 3.98. The summed E-state index contributed by atoms with van der Waals surface area (Å²) in [6, 6.07) is 22.4. The van der Waals surface area contributed by atoms with Crippen LogP contribution in [0.3, 0.4) is 0 Å². The van der Waals surface area contributed by atoms with Gasteiger partial charge in [0.2, 0.25) is 0 Å². The topological polar surface area (TPSA) is 32.3 Å². The van der Waals surface area contributed by atoms with Crippen LogP contribution in [-0.4, -0.2) is 11.7 Å². The Balaban J connectivity index is 1.61. The fraction of sp³-hybridized carbons (Fsp3) is 0.143. The van der Waals surface area contributed by atoms with Crippen molar-refractivity contribution in [3.63, 3.8) is 0 Å². The normalized spacial score (nSPS) is 10.7. The largest absolute Gasteiger partial charge is 0.508 e. The molecule has 0 bridgehead atoms.